The van der Waals surface area contributed by atoms with E-state index in [1.165, 1.54) is 148 Å². The SMILES string of the molecule is CCCCCCCCCCCCCCCCCOCC(COP(=O)([O-])OCC[N+](C)(C)C)OC(=O)CCCCCCCCCCCCCCC. The third kappa shape index (κ3) is 38.7. The molecule has 0 aromatic rings. The Balaban J connectivity index is 4.21. The van der Waals surface area contributed by atoms with Gasteiger partial charge in [-0.1, -0.05) is 181 Å². The van der Waals surface area contributed by atoms with Gasteiger partial charge in [-0.2, -0.15) is 0 Å². The summed E-state index contributed by atoms with van der Waals surface area (Å²) in [7, 11) is 1.37. The number of phosphoric ester groups is 1. The molecule has 0 amide bonds. The summed E-state index contributed by atoms with van der Waals surface area (Å²) in [6, 6.07) is 0. The van der Waals surface area contributed by atoms with Gasteiger partial charge in [-0.15, -0.1) is 0 Å². The van der Waals surface area contributed by atoms with Gasteiger partial charge in [0.25, 0.3) is 7.82 Å². The molecule has 50 heavy (non-hydrogen) atoms. The molecule has 300 valence electrons. The van der Waals surface area contributed by atoms with Crippen LogP contribution in [0.5, 0.6) is 0 Å². The number of ether oxygens (including phenoxy) is 2. The van der Waals surface area contributed by atoms with Crippen LogP contribution in [0, 0.1) is 0 Å². The number of carbonyl (C=O) groups is 1. The Labute approximate surface area is 310 Å². The van der Waals surface area contributed by atoms with Crippen molar-refractivity contribution in [3.05, 3.63) is 0 Å². The zero-order valence-corrected chi connectivity index (χ0v) is 34.8. The minimum Gasteiger partial charge on any atom is -0.756 e. The Kier molecular flexibility index (Phi) is 35.2. The van der Waals surface area contributed by atoms with Crippen molar-refractivity contribution < 1.29 is 37.3 Å². The molecule has 0 radical (unpaired) electrons. The predicted molar refractivity (Wildman–Crippen MR) is 208 cm³/mol. The van der Waals surface area contributed by atoms with Crippen LogP contribution in [-0.4, -0.2) is 70.7 Å². The maximum absolute atomic E-state index is 12.6. The fourth-order valence-electron chi connectivity index (χ4n) is 6.08. The van der Waals surface area contributed by atoms with Crippen molar-refractivity contribution in [3.63, 3.8) is 0 Å². The number of quaternary nitrogens is 1. The third-order valence-electron chi connectivity index (χ3n) is 9.41. The van der Waals surface area contributed by atoms with Gasteiger partial charge in [-0.05, 0) is 12.8 Å². The fraction of sp³-hybridized carbons (Fsp3) is 0.976. The lowest BCUT2D eigenvalue weighted by Crippen LogP contribution is -2.37. The molecule has 0 bridgehead atoms. The minimum atomic E-state index is -4.51. The standard InChI is InChI=1S/C41H84NO7P/c1-6-8-10-12-14-16-18-20-21-23-25-27-29-31-33-36-46-38-40(39-48-50(44,45)47-37-35-42(3,4)5)49-41(43)34-32-30-28-26-24-22-19-17-15-13-11-9-7-2/h40H,6-39H2,1-5H3. The molecule has 0 saturated heterocycles. The number of likely N-dealkylation sites (N-methyl/N-ethyl adjacent to an activating group) is 1. The van der Waals surface area contributed by atoms with Crippen molar-refractivity contribution in [2.75, 3.05) is 54.1 Å². The van der Waals surface area contributed by atoms with Crippen molar-refractivity contribution >= 4 is 13.8 Å². The zero-order valence-electron chi connectivity index (χ0n) is 33.9. The monoisotopic (exact) mass is 734 g/mol. The van der Waals surface area contributed by atoms with Gasteiger partial charge in [0.05, 0.1) is 34.4 Å². The molecule has 0 spiro atoms. The van der Waals surface area contributed by atoms with Gasteiger partial charge in [-0.25, -0.2) is 0 Å². The van der Waals surface area contributed by atoms with Crippen LogP contribution in [-0.2, 0) is 27.9 Å². The lowest BCUT2D eigenvalue weighted by atomic mass is 10.0. The number of carbonyl (C=O) groups excluding carboxylic acids is 1. The Morgan fingerprint density at radius 2 is 0.920 bits per heavy atom. The van der Waals surface area contributed by atoms with E-state index in [4.69, 9.17) is 18.5 Å². The first kappa shape index (κ1) is 49.5. The summed E-state index contributed by atoms with van der Waals surface area (Å²) in [5.74, 6) is -0.330. The highest BCUT2D eigenvalue weighted by atomic mass is 31.2. The van der Waals surface area contributed by atoms with Crippen molar-refractivity contribution in [2.45, 2.75) is 206 Å². The van der Waals surface area contributed by atoms with E-state index in [0.717, 1.165) is 32.1 Å². The summed E-state index contributed by atoms with van der Waals surface area (Å²) in [4.78, 5) is 25.0. The number of phosphoric acid groups is 1. The average molecular weight is 734 g/mol. The third-order valence-corrected chi connectivity index (χ3v) is 10.4. The smallest absolute Gasteiger partial charge is 0.306 e. The molecule has 0 aliphatic carbocycles. The molecule has 2 unspecified atom stereocenters. The summed E-state index contributed by atoms with van der Waals surface area (Å²) < 4.78 is 34.5. The number of hydrogen-bond acceptors (Lipinski definition) is 7. The van der Waals surface area contributed by atoms with Gasteiger partial charge < -0.3 is 27.9 Å². The molecule has 0 aromatic carbocycles. The van der Waals surface area contributed by atoms with Crippen LogP contribution in [0.15, 0.2) is 0 Å². The number of unbranched alkanes of at least 4 members (excludes halogenated alkanes) is 26. The lowest BCUT2D eigenvalue weighted by Gasteiger charge is -2.28. The Morgan fingerprint density at radius 1 is 0.540 bits per heavy atom. The van der Waals surface area contributed by atoms with E-state index < -0.39 is 13.9 Å². The maximum Gasteiger partial charge on any atom is 0.306 e. The number of hydrogen-bond donors (Lipinski definition) is 0. The van der Waals surface area contributed by atoms with E-state index in [1.807, 2.05) is 21.1 Å². The maximum atomic E-state index is 12.6. The summed E-state index contributed by atoms with van der Waals surface area (Å²) in [6.45, 7) is 5.46. The highest BCUT2D eigenvalue weighted by Gasteiger charge is 2.20. The molecule has 0 heterocycles. The van der Waals surface area contributed by atoms with Crippen LogP contribution < -0.4 is 4.89 Å². The van der Waals surface area contributed by atoms with E-state index in [9.17, 15) is 14.3 Å². The molecule has 0 aromatic heterocycles. The quantitative estimate of drug-likeness (QED) is 0.0268. The van der Waals surface area contributed by atoms with Crippen LogP contribution in [0.25, 0.3) is 0 Å². The van der Waals surface area contributed by atoms with Crippen molar-refractivity contribution in [1.82, 2.24) is 0 Å². The summed E-state index contributed by atoms with van der Waals surface area (Å²) in [5, 5.41) is 0. The first-order valence-corrected chi connectivity index (χ1v) is 22.7. The molecule has 0 fully saturated rings. The second-order valence-corrected chi connectivity index (χ2v) is 17.1. The van der Waals surface area contributed by atoms with Gasteiger partial charge in [0.15, 0.2) is 0 Å². The van der Waals surface area contributed by atoms with E-state index in [0.29, 0.717) is 24.1 Å². The molecule has 0 saturated carbocycles. The van der Waals surface area contributed by atoms with Crippen LogP contribution in [0.2, 0.25) is 0 Å². The largest absolute Gasteiger partial charge is 0.756 e. The highest BCUT2D eigenvalue weighted by Crippen LogP contribution is 2.38. The molecule has 0 rings (SSSR count). The zero-order chi connectivity index (χ0) is 37.0. The first-order valence-electron chi connectivity index (χ1n) is 21.3. The van der Waals surface area contributed by atoms with Gasteiger partial charge in [0.2, 0.25) is 0 Å². The van der Waals surface area contributed by atoms with E-state index in [1.54, 1.807) is 0 Å². The van der Waals surface area contributed by atoms with Crippen LogP contribution >= 0.6 is 7.82 Å². The second-order valence-electron chi connectivity index (χ2n) is 15.7. The molecule has 0 N–H and O–H groups in total. The second kappa shape index (κ2) is 35.5. The molecule has 9 heteroatoms. The Hall–Kier alpha value is -0.500. The van der Waals surface area contributed by atoms with E-state index in [-0.39, 0.29) is 25.8 Å². The Morgan fingerprint density at radius 3 is 1.32 bits per heavy atom. The molecule has 0 aliphatic heterocycles. The molecule has 8 nitrogen and oxygen atoms in total. The van der Waals surface area contributed by atoms with Crippen molar-refractivity contribution in [2.24, 2.45) is 0 Å². The topological polar surface area (TPSA) is 94.1 Å². The van der Waals surface area contributed by atoms with Gasteiger partial charge >= 0.3 is 5.97 Å². The van der Waals surface area contributed by atoms with Crippen molar-refractivity contribution in [1.29, 1.82) is 0 Å². The van der Waals surface area contributed by atoms with Crippen LogP contribution in [0.1, 0.15) is 200 Å². The first-order chi connectivity index (χ1) is 24.1. The highest BCUT2D eigenvalue weighted by molar-refractivity contribution is 7.45. The predicted octanol–water partition coefficient (Wildman–Crippen LogP) is 11.5. The summed E-state index contributed by atoms with van der Waals surface area (Å²) in [6.07, 6.45) is 35.3. The van der Waals surface area contributed by atoms with Gasteiger partial charge in [0.1, 0.15) is 19.3 Å². The molecule has 0 aliphatic rings. The minimum absolute atomic E-state index is 0.0312. The normalized spacial score (nSPS) is 13.8. The van der Waals surface area contributed by atoms with E-state index in [2.05, 4.69) is 13.8 Å². The molecular formula is C41H84NO7P. The fourth-order valence-corrected chi connectivity index (χ4v) is 6.81. The number of esters is 1. The lowest BCUT2D eigenvalue weighted by molar-refractivity contribution is -0.870. The van der Waals surface area contributed by atoms with E-state index >= 15 is 0 Å². The number of rotatable bonds is 40. The van der Waals surface area contributed by atoms with Crippen molar-refractivity contribution in [3.8, 4) is 0 Å². The molecule has 2 atom stereocenters. The van der Waals surface area contributed by atoms with Crippen LogP contribution in [0.3, 0.4) is 0 Å². The average Bonchev–Trinajstić information content (AvgIpc) is 3.06. The van der Waals surface area contributed by atoms with Crippen LogP contribution in [0.4, 0.5) is 0 Å². The number of nitrogens with zero attached hydrogens (tertiary/aromatic N) is 1. The molecular weight excluding hydrogens is 649 g/mol. The van der Waals surface area contributed by atoms with Gasteiger partial charge in [-0.3, -0.25) is 9.36 Å². The summed E-state index contributed by atoms with van der Waals surface area (Å²) >= 11 is 0. The van der Waals surface area contributed by atoms with Gasteiger partial charge in [0, 0.05) is 13.0 Å². The summed E-state index contributed by atoms with van der Waals surface area (Å²) in [5.41, 5.74) is 0. The Bertz CT molecular complexity index is 777.